The molecule has 0 aliphatic carbocycles. The van der Waals surface area contributed by atoms with Gasteiger partial charge >= 0.3 is 0 Å². The van der Waals surface area contributed by atoms with Gasteiger partial charge in [0, 0.05) is 10.8 Å². The molecule has 0 radical (unpaired) electrons. The van der Waals surface area contributed by atoms with Crippen molar-refractivity contribution in [3.63, 3.8) is 0 Å². The molecule has 1 heterocycles. The van der Waals surface area contributed by atoms with E-state index in [1.54, 1.807) is 10.6 Å². The van der Waals surface area contributed by atoms with Crippen LogP contribution in [0.2, 0.25) is 0 Å². The second-order valence-corrected chi connectivity index (χ2v) is 2.86. The van der Waals surface area contributed by atoms with Gasteiger partial charge in [-0.05, 0) is 6.07 Å². The summed E-state index contributed by atoms with van der Waals surface area (Å²) in [4.78, 5) is 0. The molecule has 0 spiro atoms. The molecular formula is C10H9FN+. The Morgan fingerprint density at radius 1 is 1.17 bits per heavy atom. The Labute approximate surface area is 70.1 Å². The Bertz CT molecular complexity index is 423. The fourth-order valence-corrected chi connectivity index (χ4v) is 1.33. The number of nitrogens with zero attached hydrogens (tertiary/aromatic N) is 1. The highest BCUT2D eigenvalue weighted by atomic mass is 19.1. The van der Waals surface area contributed by atoms with Crippen LogP contribution in [-0.2, 0) is 7.05 Å². The topological polar surface area (TPSA) is 3.88 Å². The van der Waals surface area contributed by atoms with E-state index in [9.17, 15) is 4.39 Å². The molecule has 2 heteroatoms. The highest BCUT2D eigenvalue weighted by Gasteiger charge is 2.04. The highest BCUT2D eigenvalue weighted by Crippen LogP contribution is 2.13. The first-order chi connectivity index (χ1) is 5.77. The molecular weight excluding hydrogens is 153 g/mol. The molecule has 1 aromatic carbocycles. The van der Waals surface area contributed by atoms with Gasteiger partial charge in [-0.15, -0.1) is 0 Å². The number of pyridine rings is 1. The van der Waals surface area contributed by atoms with E-state index in [0.29, 0.717) is 5.39 Å². The molecule has 0 fully saturated rings. The molecule has 1 aromatic heterocycles. The zero-order chi connectivity index (χ0) is 8.55. The van der Waals surface area contributed by atoms with Crippen molar-refractivity contribution in [3.05, 3.63) is 42.5 Å². The summed E-state index contributed by atoms with van der Waals surface area (Å²) < 4.78 is 14.9. The SMILES string of the molecule is C[n+]1cc(F)c2ccccc2c1. The molecule has 0 saturated carbocycles. The molecule has 0 unspecified atom stereocenters. The minimum Gasteiger partial charge on any atom is -0.205 e. The monoisotopic (exact) mass is 162 g/mol. The van der Waals surface area contributed by atoms with Gasteiger partial charge < -0.3 is 0 Å². The Hall–Kier alpha value is -1.44. The number of rotatable bonds is 0. The summed E-state index contributed by atoms with van der Waals surface area (Å²) in [5.41, 5.74) is 0. The largest absolute Gasteiger partial charge is 0.205 e. The van der Waals surface area contributed by atoms with Gasteiger partial charge in [-0.3, -0.25) is 0 Å². The first-order valence-corrected chi connectivity index (χ1v) is 3.81. The van der Waals surface area contributed by atoms with Crippen LogP contribution in [0.3, 0.4) is 0 Å². The summed E-state index contributed by atoms with van der Waals surface area (Å²) in [7, 11) is 1.82. The van der Waals surface area contributed by atoms with Crippen molar-refractivity contribution < 1.29 is 8.96 Å². The molecule has 0 atom stereocenters. The molecule has 0 amide bonds. The Morgan fingerprint density at radius 2 is 1.92 bits per heavy atom. The van der Waals surface area contributed by atoms with Crippen molar-refractivity contribution in [2.45, 2.75) is 0 Å². The predicted octanol–water partition coefficient (Wildman–Crippen LogP) is 1.80. The lowest BCUT2D eigenvalue weighted by Crippen LogP contribution is -2.27. The zero-order valence-corrected chi connectivity index (χ0v) is 6.79. The fraction of sp³-hybridized carbons (Fsp3) is 0.100. The highest BCUT2D eigenvalue weighted by molar-refractivity contribution is 5.81. The van der Waals surface area contributed by atoms with Gasteiger partial charge in [-0.25, -0.2) is 4.57 Å². The van der Waals surface area contributed by atoms with E-state index in [1.807, 2.05) is 31.4 Å². The van der Waals surface area contributed by atoms with Crippen molar-refractivity contribution in [3.8, 4) is 0 Å². The molecule has 0 aliphatic heterocycles. The first-order valence-electron chi connectivity index (χ1n) is 3.81. The Morgan fingerprint density at radius 3 is 2.75 bits per heavy atom. The van der Waals surface area contributed by atoms with E-state index in [0.717, 1.165) is 5.39 Å². The van der Waals surface area contributed by atoms with Gasteiger partial charge in [-0.2, -0.15) is 4.39 Å². The molecule has 0 aliphatic rings. The average Bonchev–Trinajstić information content (AvgIpc) is 2.04. The summed E-state index contributed by atoms with van der Waals surface area (Å²) >= 11 is 0. The molecule has 60 valence electrons. The molecule has 0 bridgehead atoms. The van der Waals surface area contributed by atoms with E-state index in [2.05, 4.69) is 0 Å². The fourth-order valence-electron chi connectivity index (χ4n) is 1.33. The lowest BCUT2D eigenvalue weighted by atomic mass is 10.2. The lowest BCUT2D eigenvalue weighted by Gasteiger charge is -1.95. The number of aryl methyl sites for hydroxylation is 1. The van der Waals surface area contributed by atoms with Crippen LogP contribution < -0.4 is 4.57 Å². The van der Waals surface area contributed by atoms with Crippen LogP contribution in [0.4, 0.5) is 4.39 Å². The van der Waals surface area contributed by atoms with Crippen LogP contribution in [-0.4, -0.2) is 0 Å². The third-order valence-corrected chi connectivity index (χ3v) is 1.88. The number of benzene rings is 1. The van der Waals surface area contributed by atoms with Crippen molar-refractivity contribution in [1.82, 2.24) is 0 Å². The van der Waals surface area contributed by atoms with Crippen LogP contribution in [0.1, 0.15) is 0 Å². The minimum atomic E-state index is -0.171. The maximum Gasteiger partial charge on any atom is 0.205 e. The summed E-state index contributed by atoms with van der Waals surface area (Å²) in [5.74, 6) is -0.171. The number of aromatic nitrogens is 1. The minimum absolute atomic E-state index is 0.171. The van der Waals surface area contributed by atoms with Crippen molar-refractivity contribution in [2.75, 3.05) is 0 Å². The van der Waals surface area contributed by atoms with Crippen LogP contribution in [0, 0.1) is 5.82 Å². The van der Waals surface area contributed by atoms with Gasteiger partial charge in [0.05, 0.1) is 0 Å². The third kappa shape index (κ3) is 1.05. The van der Waals surface area contributed by atoms with Gasteiger partial charge in [0.25, 0.3) is 0 Å². The Kier molecular flexibility index (Phi) is 1.54. The molecule has 12 heavy (non-hydrogen) atoms. The normalized spacial score (nSPS) is 10.5. The number of halogens is 1. The quantitative estimate of drug-likeness (QED) is 0.520. The summed E-state index contributed by atoms with van der Waals surface area (Å²) in [6, 6.07) is 7.43. The maximum atomic E-state index is 13.2. The lowest BCUT2D eigenvalue weighted by molar-refractivity contribution is -0.671. The van der Waals surface area contributed by atoms with E-state index < -0.39 is 0 Å². The van der Waals surface area contributed by atoms with Crippen molar-refractivity contribution >= 4 is 10.8 Å². The summed E-state index contributed by atoms with van der Waals surface area (Å²) in [6.07, 6.45) is 3.38. The third-order valence-electron chi connectivity index (χ3n) is 1.88. The van der Waals surface area contributed by atoms with Gasteiger partial charge in [0.1, 0.15) is 7.05 Å². The average molecular weight is 162 g/mol. The van der Waals surface area contributed by atoms with Gasteiger partial charge in [-0.1, -0.05) is 18.2 Å². The standard InChI is InChI=1S/C10H9FN/c1-12-6-8-4-2-3-5-9(8)10(11)7-12/h2-7H,1H3/q+1. The number of hydrogen-bond donors (Lipinski definition) is 0. The van der Waals surface area contributed by atoms with Crippen molar-refractivity contribution in [2.24, 2.45) is 7.05 Å². The van der Waals surface area contributed by atoms with Crippen LogP contribution in [0.25, 0.3) is 10.8 Å². The number of fused-ring (bicyclic) bond motifs is 1. The first kappa shape index (κ1) is 7.22. The Balaban J connectivity index is 2.89. The summed E-state index contributed by atoms with van der Waals surface area (Å²) in [5, 5.41) is 1.61. The van der Waals surface area contributed by atoms with E-state index in [-0.39, 0.29) is 5.82 Å². The second-order valence-electron chi connectivity index (χ2n) is 2.86. The maximum absolute atomic E-state index is 13.2. The van der Waals surface area contributed by atoms with Crippen molar-refractivity contribution in [1.29, 1.82) is 0 Å². The number of hydrogen-bond acceptors (Lipinski definition) is 0. The van der Waals surface area contributed by atoms with E-state index >= 15 is 0 Å². The molecule has 2 rings (SSSR count). The van der Waals surface area contributed by atoms with Crippen LogP contribution in [0.5, 0.6) is 0 Å². The molecule has 1 nitrogen and oxygen atoms in total. The van der Waals surface area contributed by atoms with E-state index in [1.165, 1.54) is 6.20 Å². The molecule has 2 aromatic rings. The van der Waals surface area contributed by atoms with Gasteiger partial charge in [0.15, 0.2) is 12.0 Å². The van der Waals surface area contributed by atoms with E-state index in [4.69, 9.17) is 0 Å². The molecule has 0 saturated heterocycles. The second kappa shape index (κ2) is 2.55. The van der Waals surface area contributed by atoms with Gasteiger partial charge in [0.2, 0.25) is 6.20 Å². The van der Waals surface area contributed by atoms with Crippen LogP contribution in [0.15, 0.2) is 36.7 Å². The zero-order valence-electron chi connectivity index (χ0n) is 6.79. The smallest absolute Gasteiger partial charge is 0.205 e. The summed E-state index contributed by atoms with van der Waals surface area (Å²) in [6.45, 7) is 0. The van der Waals surface area contributed by atoms with Crippen LogP contribution >= 0.6 is 0 Å². The predicted molar refractivity (Wildman–Crippen MR) is 45.1 cm³/mol. The molecule has 0 N–H and O–H groups in total.